The number of amides is 1. The Hall–Kier alpha value is -0.810. The Bertz CT molecular complexity index is 500. The lowest BCUT2D eigenvalue weighted by molar-refractivity contribution is -0.0401. The predicted molar refractivity (Wildman–Crippen MR) is 96.4 cm³/mol. The van der Waals surface area contributed by atoms with Crippen molar-refractivity contribution in [3.05, 3.63) is 0 Å². The highest BCUT2D eigenvalue weighted by atomic mass is 16.6. The third kappa shape index (κ3) is 3.97. The molecule has 4 fully saturated rings. The van der Waals surface area contributed by atoms with E-state index in [1.807, 2.05) is 20.8 Å². The van der Waals surface area contributed by atoms with E-state index in [0.717, 1.165) is 24.9 Å². The second-order valence-corrected chi connectivity index (χ2v) is 9.61. The normalized spacial score (nSPS) is 40.9. The van der Waals surface area contributed by atoms with Crippen LogP contribution in [0.15, 0.2) is 0 Å². The van der Waals surface area contributed by atoms with E-state index in [-0.39, 0.29) is 24.3 Å². The molecule has 4 aliphatic rings. The average molecular weight is 351 g/mol. The molecule has 1 saturated heterocycles. The summed E-state index contributed by atoms with van der Waals surface area (Å²) in [5, 5.41) is 6.99. The maximum absolute atomic E-state index is 12.2. The third-order valence-corrected chi connectivity index (χ3v) is 6.50. The van der Waals surface area contributed by atoms with Crippen LogP contribution in [0, 0.1) is 17.8 Å². The fourth-order valence-corrected chi connectivity index (χ4v) is 5.19. The zero-order chi connectivity index (χ0) is 17.6. The Kier molecular flexibility index (Phi) is 4.74. The van der Waals surface area contributed by atoms with Gasteiger partial charge >= 0.3 is 6.09 Å². The van der Waals surface area contributed by atoms with E-state index in [4.69, 9.17) is 9.47 Å². The number of ether oxygens (including phenoxy) is 2. The summed E-state index contributed by atoms with van der Waals surface area (Å²) in [6, 6.07) is 0.962. The van der Waals surface area contributed by atoms with E-state index < -0.39 is 5.60 Å². The van der Waals surface area contributed by atoms with Crippen molar-refractivity contribution in [1.82, 2.24) is 10.6 Å². The molecule has 0 spiro atoms. The van der Waals surface area contributed by atoms with Crippen LogP contribution in [0.2, 0.25) is 0 Å². The van der Waals surface area contributed by atoms with Crippen LogP contribution >= 0.6 is 0 Å². The van der Waals surface area contributed by atoms with Gasteiger partial charge in [0.2, 0.25) is 0 Å². The molecule has 0 aromatic carbocycles. The van der Waals surface area contributed by atoms with Gasteiger partial charge < -0.3 is 20.1 Å². The van der Waals surface area contributed by atoms with E-state index >= 15 is 0 Å². The highest BCUT2D eigenvalue weighted by Gasteiger charge is 2.55. The monoisotopic (exact) mass is 350 g/mol. The SMILES string of the molecule is CC(C)(C)OC(=O)NC1C2CCOC2C1NC1CCCC(C2CC2)C1. The number of hydrogen-bond donors (Lipinski definition) is 2. The van der Waals surface area contributed by atoms with E-state index in [0.29, 0.717) is 12.0 Å². The molecule has 3 aliphatic carbocycles. The van der Waals surface area contributed by atoms with Gasteiger partial charge in [-0.15, -0.1) is 0 Å². The molecule has 4 rings (SSSR count). The summed E-state index contributed by atoms with van der Waals surface area (Å²) in [5.41, 5.74) is -0.455. The number of hydrogen-bond acceptors (Lipinski definition) is 4. The van der Waals surface area contributed by atoms with Gasteiger partial charge in [0.05, 0.1) is 18.2 Å². The molecule has 142 valence electrons. The van der Waals surface area contributed by atoms with Crippen molar-refractivity contribution in [1.29, 1.82) is 0 Å². The van der Waals surface area contributed by atoms with Gasteiger partial charge in [-0.1, -0.05) is 12.8 Å². The lowest BCUT2D eigenvalue weighted by Crippen LogP contribution is -2.71. The van der Waals surface area contributed by atoms with Crippen molar-refractivity contribution in [3.8, 4) is 0 Å². The summed E-state index contributed by atoms with van der Waals surface area (Å²) in [5.74, 6) is 2.36. The molecular formula is C20H34N2O3. The van der Waals surface area contributed by atoms with Crippen LogP contribution in [-0.4, -0.2) is 42.5 Å². The Labute approximate surface area is 151 Å². The summed E-state index contributed by atoms with van der Waals surface area (Å²) >= 11 is 0. The molecule has 5 heteroatoms. The largest absolute Gasteiger partial charge is 0.444 e. The molecule has 1 aliphatic heterocycles. The van der Waals surface area contributed by atoms with Crippen LogP contribution in [0.5, 0.6) is 0 Å². The van der Waals surface area contributed by atoms with Crippen molar-refractivity contribution in [2.24, 2.45) is 17.8 Å². The van der Waals surface area contributed by atoms with Crippen LogP contribution < -0.4 is 10.6 Å². The first-order valence-electron chi connectivity index (χ1n) is 10.3. The summed E-state index contributed by atoms with van der Waals surface area (Å²) in [6.45, 7) is 6.54. The van der Waals surface area contributed by atoms with Crippen LogP contribution in [0.25, 0.3) is 0 Å². The third-order valence-electron chi connectivity index (χ3n) is 6.50. The minimum absolute atomic E-state index is 0.142. The minimum Gasteiger partial charge on any atom is -0.444 e. The first kappa shape index (κ1) is 17.6. The number of carbonyl (C=O) groups is 1. The molecule has 2 N–H and O–H groups in total. The smallest absolute Gasteiger partial charge is 0.407 e. The van der Waals surface area contributed by atoms with Gasteiger partial charge in [0.15, 0.2) is 0 Å². The Morgan fingerprint density at radius 1 is 1.04 bits per heavy atom. The van der Waals surface area contributed by atoms with Gasteiger partial charge in [-0.3, -0.25) is 0 Å². The Morgan fingerprint density at radius 3 is 2.56 bits per heavy atom. The molecule has 6 atom stereocenters. The maximum atomic E-state index is 12.2. The van der Waals surface area contributed by atoms with Gasteiger partial charge in [0, 0.05) is 18.6 Å². The molecule has 0 aromatic rings. The van der Waals surface area contributed by atoms with Gasteiger partial charge in [0.25, 0.3) is 0 Å². The molecule has 1 heterocycles. The predicted octanol–water partition coefficient (Wildman–Crippen LogP) is 3.23. The standard InChI is InChI=1S/C20H34N2O3/c1-20(2,3)25-19(23)22-16-15-9-10-24-18(15)17(16)21-14-6-4-5-13(11-14)12-7-8-12/h12-18,21H,4-11H2,1-3H3,(H,22,23). The molecule has 5 nitrogen and oxygen atoms in total. The Balaban J connectivity index is 1.34. The minimum atomic E-state index is -0.455. The number of rotatable bonds is 4. The van der Waals surface area contributed by atoms with Crippen LogP contribution in [0.3, 0.4) is 0 Å². The summed E-state index contributed by atoms with van der Waals surface area (Å²) in [6.07, 6.45) is 9.21. The number of carbonyl (C=O) groups excluding carboxylic acids is 1. The fourth-order valence-electron chi connectivity index (χ4n) is 5.19. The van der Waals surface area contributed by atoms with Crippen molar-refractivity contribution in [3.63, 3.8) is 0 Å². The zero-order valence-electron chi connectivity index (χ0n) is 15.9. The van der Waals surface area contributed by atoms with E-state index in [1.54, 1.807) is 0 Å². The summed E-state index contributed by atoms with van der Waals surface area (Å²) < 4.78 is 11.4. The number of nitrogens with one attached hydrogen (secondary N) is 2. The second-order valence-electron chi connectivity index (χ2n) is 9.61. The molecule has 0 bridgehead atoms. The average Bonchev–Trinajstić information content (AvgIpc) is 3.29. The van der Waals surface area contributed by atoms with E-state index in [1.165, 1.54) is 38.5 Å². The number of fused-ring (bicyclic) bond motifs is 1. The Morgan fingerprint density at radius 2 is 1.84 bits per heavy atom. The van der Waals surface area contributed by atoms with Crippen LogP contribution in [-0.2, 0) is 9.47 Å². The van der Waals surface area contributed by atoms with Crippen LogP contribution in [0.4, 0.5) is 4.79 Å². The first-order chi connectivity index (χ1) is 11.9. The van der Waals surface area contributed by atoms with Gasteiger partial charge in [-0.25, -0.2) is 4.79 Å². The molecule has 25 heavy (non-hydrogen) atoms. The highest BCUT2D eigenvalue weighted by Crippen LogP contribution is 2.45. The van der Waals surface area contributed by atoms with Crippen molar-refractivity contribution in [2.75, 3.05) is 6.61 Å². The molecule has 3 saturated carbocycles. The first-order valence-corrected chi connectivity index (χ1v) is 10.3. The number of alkyl carbamates (subject to hydrolysis) is 1. The molecular weight excluding hydrogens is 316 g/mol. The molecule has 1 amide bonds. The topological polar surface area (TPSA) is 59.6 Å². The molecule has 0 aromatic heterocycles. The second kappa shape index (κ2) is 6.73. The van der Waals surface area contributed by atoms with Gasteiger partial charge in [0.1, 0.15) is 5.60 Å². The van der Waals surface area contributed by atoms with Crippen molar-refractivity contribution in [2.45, 2.75) is 95.5 Å². The van der Waals surface area contributed by atoms with Gasteiger partial charge in [-0.2, -0.15) is 0 Å². The molecule has 0 radical (unpaired) electrons. The van der Waals surface area contributed by atoms with E-state index in [9.17, 15) is 4.79 Å². The zero-order valence-corrected chi connectivity index (χ0v) is 15.9. The van der Waals surface area contributed by atoms with E-state index in [2.05, 4.69) is 10.6 Å². The maximum Gasteiger partial charge on any atom is 0.407 e. The molecule has 6 unspecified atom stereocenters. The van der Waals surface area contributed by atoms with Gasteiger partial charge in [-0.05, 0) is 64.7 Å². The summed E-state index contributed by atoms with van der Waals surface area (Å²) in [4.78, 5) is 12.2. The van der Waals surface area contributed by atoms with Crippen LogP contribution in [0.1, 0.15) is 65.7 Å². The summed E-state index contributed by atoms with van der Waals surface area (Å²) in [7, 11) is 0. The highest BCUT2D eigenvalue weighted by molar-refractivity contribution is 5.68. The lowest BCUT2D eigenvalue weighted by atomic mass is 9.70. The van der Waals surface area contributed by atoms with Crippen molar-refractivity contribution < 1.29 is 14.3 Å². The quantitative estimate of drug-likeness (QED) is 0.817. The van der Waals surface area contributed by atoms with Crippen molar-refractivity contribution >= 4 is 6.09 Å². The lowest BCUT2D eigenvalue weighted by Gasteiger charge is -2.50. The fraction of sp³-hybridized carbons (Fsp3) is 0.950.